The van der Waals surface area contributed by atoms with Crippen molar-refractivity contribution < 1.29 is 4.21 Å². The minimum absolute atomic E-state index is 0.444. The molecular weight excluding hydrogens is 206 g/mol. The molecule has 1 N–H and O–H groups in total. The SMILES string of the molecule is CCCNC1CCC(S(=O)CCC)C1C. The Kier molecular flexibility index (Phi) is 5.83. The van der Waals surface area contributed by atoms with Crippen molar-refractivity contribution >= 4 is 10.8 Å². The van der Waals surface area contributed by atoms with Crippen molar-refractivity contribution in [3.8, 4) is 0 Å². The van der Waals surface area contributed by atoms with E-state index in [1.807, 2.05) is 0 Å². The monoisotopic (exact) mass is 231 g/mol. The lowest BCUT2D eigenvalue weighted by molar-refractivity contribution is 0.429. The first kappa shape index (κ1) is 13.2. The molecule has 0 aromatic carbocycles. The number of hydrogen-bond acceptors (Lipinski definition) is 2. The van der Waals surface area contributed by atoms with Crippen LogP contribution in [0.5, 0.6) is 0 Å². The third-order valence-electron chi connectivity index (χ3n) is 3.38. The van der Waals surface area contributed by atoms with E-state index in [4.69, 9.17) is 0 Å². The average Bonchev–Trinajstić information content (AvgIpc) is 2.57. The Balaban J connectivity index is 2.41. The Morgan fingerprint density at radius 1 is 1.27 bits per heavy atom. The van der Waals surface area contributed by atoms with Crippen LogP contribution in [0.1, 0.15) is 46.5 Å². The van der Waals surface area contributed by atoms with Crippen LogP contribution in [-0.2, 0) is 10.8 Å². The van der Waals surface area contributed by atoms with Crippen LogP contribution in [0, 0.1) is 5.92 Å². The zero-order valence-corrected chi connectivity index (χ0v) is 11.1. The maximum absolute atomic E-state index is 12.0. The third kappa shape index (κ3) is 3.56. The molecule has 1 aliphatic rings. The molecule has 4 unspecified atom stereocenters. The summed E-state index contributed by atoms with van der Waals surface area (Å²) in [5.41, 5.74) is 0. The van der Waals surface area contributed by atoms with Crippen molar-refractivity contribution in [2.24, 2.45) is 5.92 Å². The molecule has 1 rings (SSSR count). The fraction of sp³-hybridized carbons (Fsp3) is 1.00. The van der Waals surface area contributed by atoms with Gasteiger partial charge in [0.05, 0.1) is 0 Å². The summed E-state index contributed by atoms with van der Waals surface area (Å²) in [5, 5.41) is 4.02. The standard InChI is InChI=1S/C12H25NOS/c1-4-8-13-11-6-7-12(10(11)3)15(14)9-5-2/h10-13H,4-9H2,1-3H3. The summed E-state index contributed by atoms with van der Waals surface area (Å²) < 4.78 is 12.0. The highest BCUT2D eigenvalue weighted by atomic mass is 32.2. The fourth-order valence-electron chi connectivity index (χ4n) is 2.47. The first-order chi connectivity index (χ1) is 7.20. The molecule has 0 bridgehead atoms. The summed E-state index contributed by atoms with van der Waals surface area (Å²) in [4.78, 5) is 0. The molecule has 1 aliphatic carbocycles. The Morgan fingerprint density at radius 2 is 2.00 bits per heavy atom. The van der Waals surface area contributed by atoms with E-state index in [-0.39, 0.29) is 0 Å². The van der Waals surface area contributed by atoms with Gasteiger partial charge in [0.15, 0.2) is 0 Å². The number of nitrogens with one attached hydrogen (secondary N) is 1. The molecule has 0 spiro atoms. The van der Waals surface area contributed by atoms with E-state index in [2.05, 4.69) is 26.1 Å². The van der Waals surface area contributed by atoms with E-state index in [0.29, 0.717) is 17.2 Å². The first-order valence-corrected chi connectivity index (χ1v) is 7.69. The molecule has 1 fully saturated rings. The number of hydrogen-bond donors (Lipinski definition) is 1. The molecule has 0 amide bonds. The van der Waals surface area contributed by atoms with Gasteiger partial charge in [-0.3, -0.25) is 4.21 Å². The quantitative estimate of drug-likeness (QED) is 0.760. The van der Waals surface area contributed by atoms with Crippen LogP contribution in [0.3, 0.4) is 0 Å². The lowest BCUT2D eigenvalue weighted by Crippen LogP contribution is -2.35. The second-order valence-corrected chi connectivity index (χ2v) is 6.40. The minimum Gasteiger partial charge on any atom is -0.314 e. The van der Waals surface area contributed by atoms with Crippen LogP contribution in [-0.4, -0.2) is 27.8 Å². The van der Waals surface area contributed by atoms with Crippen LogP contribution < -0.4 is 5.32 Å². The molecule has 1 saturated carbocycles. The van der Waals surface area contributed by atoms with Crippen molar-refractivity contribution in [1.29, 1.82) is 0 Å². The van der Waals surface area contributed by atoms with Crippen molar-refractivity contribution in [2.75, 3.05) is 12.3 Å². The molecule has 0 aliphatic heterocycles. The van der Waals surface area contributed by atoms with E-state index in [1.54, 1.807) is 0 Å². The van der Waals surface area contributed by atoms with Gasteiger partial charge in [-0.2, -0.15) is 0 Å². The molecule has 3 heteroatoms. The van der Waals surface area contributed by atoms with Gasteiger partial charge in [0, 0.05) is 27.8 Å². The lowest BCUT2D eigenvalue weighted by Gasteiger charge is -2.21. The normalized spacial score (nSPS) is 33.1. The summed E-state index contributed by atoms with van der Waals surface area (Å²) in [5.74, 6) is 1.47. The van der Waals surface area contributed by atoms with Crippen LogP contribution in [0.2, 0.25) is 0 Å². The van der Waals surface area contributed by atoms with E-state index in [9.17, 15) is 4.21 Å². The van der Waals surface area contributed by atoms with Crippen molar-refractivity contribution in [3.63, 3.8) is 0 Å². The minimum atomic E-state index is -0.592. The van der Waals surface area contributed by atoms with Gasteiger partial charge in [0.1, 0.15) is 0 Å². The Morgan fingerprint density at radius 3 is 2.60 bits per heavy atom. The van der Waals surface area contributed by atoms with Crippen LogP contribution in [0.15, 0.2) is 0 Å². The van der Waals surface area contributed by atoms with E-state index >= 15 is 0 Å². The molecule has 0 heterocycles. The summed E-state index contributed by atoms with van der Waals surface area (Å²) >= 11 is 0. The van der Waals surface area contributed by atoms with E-state index in [1.165, 1.54) is 12.8 Å². The molecule has 4 atom stereocenters. The van der Waals surface area contributed by atoms with Crippen LogP contribution >= 0.6 is 0 Å². The molecule has 0 aromatic rings. The summed E-state index contributed by atoms with van der Waals surface area (Å²) in [6, 6.07) is 0.607. The lowest BCUT2D eigenvalue weighted by atomic mass is 10.1. The van der Waals surface area contributed by atoms with Gasteiger partial charge < -0.3 is 5.32 Å². The predicted octanol–water partition coefficient (Wildman–Crippen LogP) is 2.31. The molecule has 90 valence electrons. The Labute approximate surface area is 96.7 Å². The summed E-state index contributed by atoms with van der Waals surface area (Å²) in [6.07, 6.45) is 4.59. The van der Waals surface area contributed by atoms with Gasteiger partial charge in [-0.1, -0.05) is 20.8 Å². The average molecular weight is 231 g/mol. The third-order valence-corrected chi connectivity index (χ3v) is 5.53. The predicted molar refractivity (Wildman–Crippen MR) is 67.6 cm³/mol. The summed E-state index contributed by atoms with van der Waals surface area (Å²) in [7, 11) is -0.592. The van der Waals surface area contributed by atoms with E-state index in [0.717, 1.165) is 25.1 Å². The van der Waals surface area contributed by atoms with Gasteiger partial charge in [-0.25, -0.2) is 0 Å². The highest BCUT2D eigenvalue weighted by Crippen LogP contribution is 2.30. The Hall–Kier alpha value is 0.110. The Bertz CT molecular complexity index is 208. The van der Waals surface area contributed by atoms with Crippen LogP contribution in [0.4, 0.5) is 0 Å². The van der Waals surface area contributed by atoms with Gasteiger partial charge in [0.25, 0.3) is 0 Å². The van der Waals surface area contributed by atoms with Gasteiger partial charge >= 0.3 is 0 Å². The van der Waals surface area contributed by atoms with Gasteiger partial charge in [0.2, 0.25) is 0 Å². The van der Waals surface area contributed by atoms with Gasteiger partial charge in [-0.15, -0.1) is 0 Å². The second kappa shape index (κ2) is 6.64. The van der Waals surface area contributed by atoms with Gasteiger partial charge in [-0.05, 0) is 38.1 Å². The number of rotatable bonds is 6. The van der Waals surface area contributed by atoms with Crippen LogP contribution in [0.25, 0.3) is 0 Å². The fourth-order valence-corrected chi connectivity index (χ4v) is 4.24. The highest BCUT2D eigenvalue weighted by Gasteiger charge is 2.35. The second-order valence-electron chi connectivity index (χ2n) is 4.62. The van der Waals surface area contributed by atoms with Crippen molar-refractivity contribution in [1.82, 2.24) is 5.32 Å². The maximum atomic E-state index is 12.0. The molecule has 0 radical (unpaired) electrons. The molecule has 0 saturated heterocycles. The first-order valence-electron chi connectivity index (χ1n) is 6.31. The topological polar surface area (TPSA) is 29.1 Å². The smallest absolute Gasteiger partial charge is 0.0388 e. The molecule has 0 aromatic heterocycles. The largest absolute Gasteiger partial charge is 0.314 e. The zero-order chi connectivity index (χ0) is 11.3. The highest BCUT2D eigenvalue weighted by molar-refractivity contribution is 7.85. The van der Waals surface area contributed by atoms with Crippen molar-refractivity contribution in [3.05, 3.63) is 0 Å². The van der Waals surface area contributed by atoms with Crippen molar-refractivity contribution in [2.45, 2.75) is 57.7 Å². The zero-order valence-electron chi connectivity index (χ0n) is 10.3. The van der Waals surface area contributed by atoms with E-state index < -0.39 is 10.8 Å². The molecular formula is C12H25NOS. The molecule has 15 heavy (non-hydrogen) atoms. The summed E-state index contributed by atoms with van der Waals surface area (Å²) in [6.45, 7) is 7.67. The maximum Gasteiger partial charge on any atom is 0.0388 e. The molecule has 2 nitrogen and oxygen atoms in total.